The standard InChI is InChI=1S/C8H16N6/c9-2-4-11-5-6-12-7-1-3-13-8(10)14-7/h1,3,11H,2,4-6,9H2,(H3,10,12,13,14). The summed E-state index contributed by atoms with van der Waals surface area (Å²) < 4.78 is 0. The van der Waals surface area contributed by atoms with Crippen LogP contribution in [0.3, 0.4) is 0 Å². The van der Waals surface area contributed by atoms with Crippen molar-refractivity contribution < 1.29 is 0 Å². The fourth-order valence-corrected chi connectivity index (χ4v) is 0.978. The number of nitrogen functional groups attached to an aromatic ring is 1. The summed E-state index contributed by atoms with van der Waals surface area (Å²) in [6, 6.07) is 1.78. The van der Waals surface area contributed by atoms with Crippen molar-refractivity contribution in [1.29, 1.82) is 0 Å². The molecule has 0 aliphatic heterocycles. The normalized spacial score (nSPS) is 10.1. The summed E-state index contributed by atoms with van der Waals surface area (Å²) in [6.45, 7) is 3.12. The molecule has 0 amide bonds. The van der Waals surface area contributed by atoms with Crippen molar-refractivity contribution in [2.24, 2.45) is 5.73 Å². The molecule has 78 valence electrons. The van der Waals surface area contributed by atoms with Crippen LogP contribution in [-0.2, 0) is 0 Å². The van der Waals surface area contributed by atoms with E-state index in [1.165, 1.54) is 0 Å². The van der Waals surface area contributed by atoms with Crippen LogP contribution in [0.5, 0.6) is 0 Å². The van der Waals surface area contributed by atoms with Gasteiger partial charge in [0, 0.05) is 32.4 Å². The molecule has 6 heteroatoms. The Morgan fingerprint density at radius 2 is 2.14 bits per heavy atom. The zero-order valence-corrected chi connectivity index (χ0v) is 8.03. The Kier molecular flexibility index (Phi) is 4.66. The first-order valence-corrected chi connectivity index (χ1v) is 4.56. The van der Waals surface area contributed by atoms with E-state index in [1.807, 2.05) is 0 Å². The van der Waals surface area contributed by atoms with Gasteiger partial charge in [0.1, 0.15) is 5.82 Å². The maximum atomic E-state index is 5.42. The minimum absolute atomic E-state index is 0.282. The molecule has 14 heavy (non-hydrogen) atoms. The molecule has 0 saturated carbocycles. The Labute approximate surface area is 83.1 Å². The Morgan fingerprint density at radius 1 is 1.29 bits per heavy atom. The summed E-state index contributed by atoms with van der Waals surface area (Å²) in [6.07, 6.45) is 1.62. The Bertz CT molecular complexity index is 264. The molecule has 1 aromatic rings. The maximum absolute atomic E-state index is 5.42. The quantitative estimate of drug-likeness (QED) is 0.436. The van der Waals surface area contributed by atoms with Crippen LogP contribution in [-0.4, -0.2) is 36.1 Å². The van der Waals surface area contributed by atoms with Gasteiger partial charge in [-0.15, -0.1) is 0 Å². The van der Waals surface area contributed by atoms with Crippen LogP contribution in [0.2, 0.25) is 0 Å². The predicted octanol–water partition coefficient (Wildman–Crippen LogP) is -0.981. The summed E-state index contributed by atoms with van der Waals surface area (Å²) in [4.78, 5) is 7.79. The minimum atomic E-state index is 0.282. The average molecular weight is 196 g/mol. The van der Waals surface area contributed by atoms with Crippen LogP contribution in [0.1, 0.15) is 0 Å². The zero-order valence-electron chi connectivity index (χ0n) is 8.03. The number of nitrogens with one attached hydrogen (secondary N) is 2. The molecular formula is C8H16N6. The molecule has 0 aliphatic carbocycles. The predicted molar refractivity (Wildman–Crippen MR) is 56.9 cm³/mol. The van der Waals surface area contributed by atoms with Crippen molar-refractivity contribution in [3.63, 3.8) is 0 Å². The molecule has 1 rings (SSSR count). The van der Waals surface area contributed by atoms with Crippen LogP contribution in [0.25, 0.3) is 0 Å². The lowest BCUT2D eigenvalue weighted by atomic mass is 10.5. The first-order chi connectivity index (χ1) is 6.83. The van der Waals surface area contributed by atoms with Gasteiger partial charge in [0.05, 0.1) is 0 Å². The summed E-state index contributed by atoms with van der Waals surface area (Å²) >= 11 is 0. The number of nitrogens with two attached hydrogens (primary N) is 2. The third kappa shape index (κ3) is 4.01. The van der Waals surface area contributed by atoms with Gasteiger partial charge in [0.2, 0.25) is 5.95 Å². The Balaban J connectivity index is 2.18. The largest absolute Gasteiger partial charge is 0.369 e. The molecule has 1 aromatic heterocycles. The molecule has 6 N–H and O–H groups in total. The lowest BCUT2D eigenvalue weighted by Gasteiger charge is -2.05. The van der Waals surface area contributed by atoms with E-state index in [1.54, 1.807) is 12.3 Å². The van der Waals surface area contributed by atoms with Gasteiger partial charge in [-0.3, -0.25) is 0 Å². The lowest BCUT2D eigenvalue weighted by Crippen LogP contribution is -2.27. The van der Waals surface area contributed by atoms with Crippen molar-refractivity contribution in [2.75, 3.05) is 37.2 Å². The maximum Gasteiger partial charge on any atom is 0.221 e. The van der Waals surface area contributed by atoms with E-state index in [-0.39, 0.29) is 5.95 Å². The van der Waals surface area contributed by atoms with E-state index in [0.717, 1.165) is 25.5 Å². The monoisotopic (exact) mass is 196 g/mol. The summed E-state index contributed by atoms with van der Waals surface area (Å²) in [5.41, 5.74) is 10.7. The number of hydrogen-bond donors (Lipinski definition) is 4. The second-order valence-corrected chi connectivity index (χ2v) is 2.77. The molecule has 0 bridgehead atoms. The van der Waals surface area contributed by atoms with Gasteiger partial charge < -0.3 is 22.1 Å². The zero-order chi connectivity index (χ0) is 10.2. The van der Waals surface area contributed by atoms with Crippen molar-refractivity contribution >= 4 is 11.8 Å². The summed E-state index contributed by atoms with van der Waals surface area (Å²) in [5, 5.41) is 6.27. The van der Waals surface area contributed by atoms with Gasteiger partial charge in [0.25, 0.3) is 0 Å². The van der Waals surface area contributed by atoms with Crippen LogP contribution < -0.4 is 22.1 Å². The average Bonchev–Trinajstić information content (AvgIpc) is 2.18. The van der Waals surface area contributed by atoms with E-state index < -0.39 is 0 Å². The highest BCUT2D eigenvalue weighted by molar-refractivity contribution is 5.37. The highest BCUT2D eigenvalue weighted by Crippen LogP contribution is 2.00. The first kappa shape index (κ1) is 10.7. The van der Waals surface area contributed by atoms with E-state index in [2.05, 4.69) is 20.6 Å². The van der Waals surface area contributed by atoms with Crippen LogP contribution in [0.15, 0.2) is 12.3 Å². The van der Waals surface area contributed by atoms with Crippen LogP contribution >= 0.6 is 0 Å². The highest BCUT2D eigenvalue weighted by Gasteiger charge is 1.93. The lowest BCUT2D eigenvalue weighted by molar-refractivity contribution is 0.706. The molecule has 0 unspecified atom stereocenters. The third-order valence-corrected chi connectivity index (χ3v) is 1.60. The van der Waals surface area contributed by atoms with E-state index in [9.17, 15) is 0 Å². The highest BCUT2D eigenvalue weighted by atomic mass is 15.1. The third-order valence-electron chi connectivity index (χ3n) is 1.60. The molecule has 0 fully saturated rings. The summed E-state index contributed by atoms with van der Waals surface area (Å²) in [7, 11) is 0. The molecular weight excluding hydrogens is 180 g/mol. The van der Waals surface area contributed by atoms with Gasteiger partial charge in [-0.1, -0.05) is 0 Å². The van der Waals surface area contributed by atoms with Crippen molar-refractivity contribution in [3.05, 3.63) is 12.3 Å². The van der Waals surface area contributed by atoms with Gasteiger partial charge in [-0.2, -0.15) is 4.98 Å². The van der Waals surface area contributed by atoms with E-state index in [0.29, 0.717) is 6.54 Å². The Hall–Kier alpha value is -1.40. The molecule has 0 saturated heterocycles. The van der Waals surface area contributed by atoms with Crippen LogP contribution in [0.4, 0.5) is 11.8 Å². The number of rotatable bonds is 6. The fraction of sp³-hybridized carbons (Fsp3) is 0.500. The summed E-state index contributed by atoms with van der Waals surface area (Å²) in [5.74, 6) is 1.02. The second kappa shape index (κ2) is 6.11. The fourth-order valence-electron chi connectivity index (χ4n) is 0.978. The molecule has 0 spiro atoms. The van der Waals surface area contributed by atoms with Crippen molar-refractivity contribution in [1.82, 2.24) is 15.3 Å². The van der Waals surface area contributed by atoms with Crippen molar-refractivity contribution in [3.8, 4) is 0 Å². The molecule has 0 aromatic carbocycles. The smallest absolute Gasteiger partial charge is 0.221 e. The molecule has 0 radical (unpaired) electrons. The van der Waals surface area contributed by atoms with Gasteiger partial charge in [-0.05, 0) is 6.07 Å². The number of aromatic nitrogens is 2. The molecule has 0 aliphatic rings. The topological polar surface area (TPSA) is 102 Å². The van der Waals surface area contributed by atoms with Crippen LogP contribution in [0, 0.1) is 0 Å². The first-order valence-electron chi connectivity index (χ1n) is 4.56. The number of hydrogen-bond acceptors (Lipinski definition) is 6. The molecule has 0 atom stereocenters. The minimum Gasteiger partial charge on any atom is -0.369 e. The molecule has 1 heterocycles. The van der Waals surface area contributed by atoms with E-state index >= 15 is 0 Å². The number of anilines is 2. The van der Waals surface area contributed by atoms with Gasteiger partial charge >= 0.3 is 0 Å². The molecule has 6 nitrogen and oxygen atoms in total. The van der Waals surface area contributed by atoms with Crippen molar-refractivity contribution in [2.45, 2.75) is 0 Å². The van der Waals surface area contributed by atoms with Gasteiger partial charge in [-0.25, -0.2) is 4.98 Å². The Morgan fingerprint density at radius 3 is 2.86 bits per heavy atom. The van der Waals surface area contributed by atoms with E-state index in [4.69, 9.17) is 11.5 Å². The van der Waals surface area contributed by atoms with Gasteiger partial charge in [0.15, 0.2) is 0 Å². The number of nitrogens with zero attached hydrogens (tertiary/aromatic N) is 2. The second-order valence-electron chi connectivity index (χ2n) is 2.77. The SMILES string of the molecule is NCCNCCNc1ccnc(N)n1.